The lowest BCUT2D eigenvalue weighted by atomic mass is 9.82. The second kappa shape index (κ2) is 12.3. The molecule has 1 aliphatic carbocycles. The van der Waals surface area contributed by atoms with Crippen molar-refractivity contribution < 1.29 is 4.42 Å². The normalized spacial score (nSPS) is 12.9. The van der Waals surface area contributed by atoms with Crippen LogP contribution in [0.1, 0.15) is 25.0 Å². The van der Waals surface area contributed by atoms with Gasteiger partial charge in [-0.25, -0.2) is 0 Å². The van der Waals surface area contributed by atoms with Gasteiger partial charge in [0.1, 0.15) is 5.58 Å². The number of rotatable bonds is 6. The van der Waals surface area contributed by atoms with Gasteiger partial charge in [0.15, 0.2) is 5.58 Å². The smallest absolute Gasteiger partial charge is 0.159 e. The van der Waals surface area contributed by atoms with Gasteiger partial charge in [-0.2, -0.15) is 0 Å². The molecule has 1 heterocycles. The summed E-state index contributed by atoms with van der Waals surface area (Å²) >= 11 is 0. The Morgan fingerprint density at radius 2 is 0.943 bits per heavy atom. The Labute approximate surface area is 310 Å². The second-order valence-corrected chi connectivity index (χ2v) is 14.6. The van der Waals surface area contributed by atoms with E-state index in [0.29, 0.717) is 0 Å². The fourth-order valence-electron chi connectivity index (χ4n) is 8.36. The lowest BCUT2D eigenvalue weighted by molar-refractivity contribution is 0.660. The highest BCUT2D eigenvalue weighted by atomic mass is 16.3. The molecule has 1 aliphatic rings. The molecule has 0 amide bonds. The van der Waals surface area contributed by atoms with Crippen LogP contribution in [0.15, 0.2) is 192 Å². The van der Waals surface area contributed by atoms with Crippen LogP contribution in [0.25, 0.3) is 66.4 Å². The predicted molar refractivity (Wildman–Crippen MR) is 222 cm³/mol. The van der Waals surface area contributed by atoms with Crippen molar-refractivity contribution in [3.63, 3.8) is 0 Å². The van der Waals surface area contributed by atoms with Crippen molar-refractivity contribution in [1.82, 2.24) is 0 Å². The SMILES string of the molecule is CC1(C)c2ccccc2-c2ccc(N(c3ccc(-c4cc(-c5ccccc5)cc(-c5ccccc5)c4)cc3)c3cccc4c3oc3ccccc34)cc21. The molecule has 0 spiro atoms. The van der Waals surface area contributed by atoms with E-state index in [1.807, 2.05) is 6.07 Å². The van der Waals surface area contributed by atoms with Gasteiger partial charge in [-0.15, -0.1) is 0 Å². The molecule has 2 nitrogen and oxygen atoms in total. The van der Waals surface area contributed by atoms with E-state index in [0.717, 1.165) is 44.6 Å². The maximum Gasteiger partial charge on any atom is 0.159 e. The van der Waals surface area contributed by atoms with Crippen molar-refractivity contribution in [3.8, 4) is 44.5 Å². The number of nitrogens with zero attached hydrogens (tertiary/aromatic N) is 1. The molecule has 0 bridgehead atoms. The van der Waals surface area contributed by atoms with Crippen molar-refractivity contribution >= 4 is 39.0 Å². The zero-order chi connectivity index (χ0) is 35.5. The number of hydrogen-bond donors (Lipinski definition) is 0. The van der Waals surface area contributed by atoms with E-state index in [4.69, 9.17) is 4.42 Å². The van der Waals surface area contributed by atoms with Crippen LogP contribution in [0.3, 0.4) is 0 Å². The Morgan fingerprint density at radius 1 is 0.396 bits per heavy atom. The van der Waals surface area contributed by atoms with Crippen LogP contribution < -0.4 is 4.90 Å². The average molecular weight is 680 g/mol. The zero-order valence-corrected chi connectivity index (χ0v) is 29.8. The summed E-state index contributed by atoms with van der Waals surface area (Å²) in [7, 11) is 0. The molecule has 0 fully saturated rings. The van der Waals surface area contributed by atoms with Crippen molar-refractivity contribution in [1.29, 1.82) is 0 Å². The molecule has 10 rings (SSSR count). The number of hydrogen-bond acceptors (Lipinski definition) is 2. The third-order valence-electron chi connectivity index (χ3n) is 11.1. The van der Waals surface area contributed by atoms with Gasteiger partial charge in [0.25, 0.3) is 0 Å². The molecular formula is C51H37NO. The Bertz CT molecular complexity index is 2730. The molecule has 0 radical (unpaired) electrons. The fraction of sp³-hybridized carbons (Fsp3) is 0.0588. The summed E-state index contributed by atoms with van der Waals surface area (Å²) in [5, 5.41) is 2.23. The summed E-state index contributed by atoms with van der Waals surface area (Å²) in [5.74, 6) is 0. The average Bonchev–Trinajstić information content (AvgIpc) is 3.71. The Hall–Kier alpha value is -6.64. The minimum Gasteiger partial charge on any atom is -0.454 e. The van der Waals surface area contributed by atoms with Crippen molar-refractivity contribution in [2.24, 2.45) is 0 Å². The molecule has 0 saturated heterocycles. The molecular weight excluding hydrogens is 643 g/mol. The Balaban J connectivity index is 1.14. The fourth-order valence-corrected chi connectivity index (χ4v) is 8.36. The van der Waals surface area contributed by atoms with E-state index < -0.39 is 0 Å². The molecule has 1 aromatic heterocycles. The summed E-state index contributed by atoms with van der Waals surface area (Å²) < 4.78 is 6.65. The van der Waals surface area contributed by atoms with Gasteiger partial charge in [-0.1, -0.05) is 147 Å². The number of furan rings is 1. The van der Waals surface area contributed by atoms with Gasteiger partial charge in [-0.3, -0.25) is 0 Å². The molecule has 0 atom stereocenters. The predicted octanol–water partition coefficient (Wildman–Crippen LogP) is 14.4. The highest BCUT2D eigenvalue weighted by molar-refractivity contribution is 6.10. The summed E-state index contributed by atoms with van der Waals surface area (Å²) in [5.41, 5.74) is 17.3. The standard InChI is InChI=1S/C51H37NO/c1-51(2)46-21-11-9-18-42(46)43-29-28-41(33-47(43)51)52(48-22-13-20-45-44-19-10-12-23-49(44)53-50(45)48)40-26-24-36(25-27-40)39-31-37(34-14-5-3-6-15-34)30-38(32-39)35-16-7-4-8-17-35/h3-33H,1-2H3. The highest BCUT2D eigenvalue weighted by Crippen LogP contribution is 2.51. The number of anilines is 3. The van der Waals surface area contributed by atoms with Crippen LogP contribution in [0, 0.1) is 0 Å². The van der Waals surface area contributed by atoms with Crippen LogP contribution in [0.4, 0.5) is 17.1 Å². The summed E-state index contributed by atoms with van der Waals surface area (Å²) in [6.45, 7) is 4.68. The van der Waals surface area contributed by atoms with Crippen LogP contribution in [-0.2, 0) is 5.41 Å². The van der Waals surface area contributed by atoms with Crippen LogP contribution in [0.5, 0.6) is 0 Å². The molecule has 0 N–H and O–H groups in total. The topological polar surface area (TPSA) is 16.4 Å². The van der Waals surface area contributed by atoms with E-state index in [2.05, 4.69) is 201 Å². The largest absolute Gasteiger partial charge is 0.454 e. The van der Waals surface area contributed by atoms with Crippen LogP contribution in [-0.4, -0.2) is 0 Å². The quantitative estimate of drug-likeness (QED) is 0.174. The molecule has 8 aromatic carbocycles. The second-order valence-electron chi connectivity index (χ2n) is 14.6. The minimum absolute atomic E-state index is 0.122. The first-order chi connectivity index (χ1) is 26.0. The van der Waals surface area contributed by atoms with Gasteiger partial charge in [-0.05, 0) is 110 Å². The van der Waals surface area contributed by atoms with E-state index in [1.54, 1.807) is 0 Å². The first-order valence-electron chi connectivity index (χ1n) is 18.3. The van der Waals surface area contributed by atoms with Gasteiger partial charge in [0.2, 0.25) is 0 Å². The summed E-state index contributed by atoms with van der Waals surface area (Å²) in [6.07, 6.45) is 0. The summed E-state index contributed by atoms with van der Waals surface area (Å²) in [4.78, 5) is 2.36. The Kier molecular flexibility index (Phi) is 7.19. The van der Waals surface area contributed by atoms with Crippen LogP contribution in [0.2, 0.25) is 0 Å². The first-order valence-corrected chi connectivity index (χ1v) is 18.3. The molecule has 2 heteroatoms. The molecule has 0 unspecified atom stereocenters. The summed E-state index contributed by atoms with van der Waals surface area (Å²) in [6, 6.07) is 67.8. The van der Waals surface area contributed by atoms with E-state index in [-0.39, 0.29) is 5.41 Å². The molecule has 252 valence electrons. The molecule has 9 aromatic rings. The Morgan fingerprint density at radius 3 is 1.64 bits per heavy atom. The lowest BCUT2D eigenvalue weighted by Gasteiger charge is -2.28. The first kappa shape index (κ1) is 31.1. The maximum atomic E-state index is 6.65. The van der Waals surface area contributed by atoms with Crippen molar-refractivity contribution in [2.75, 3.05) is 4.90 Å². The molecule has 0 saturated carbocycles. The third-order valence-corrected chi connectivity index (χ3v) is 11.1. The number of benzene rings is 8. The monoisotopic (exact) mass is 679 g/mol. The van der Waals surface area contributed by atoms with E-state index in [1.165, 1.54) is 50.1 Å². The molecule has 53 heavy (non-hydrogen) atoms. The van der Waals surface area contributed by atoms with Crippen molar-refractivity contribution in [3.05, 3.63) is 199 Å². The van der Waals surface area contributed by atoms with Gasteiger partial charge in [0, 0.05) is 27.6 Å². The van der Waals surface area contributed by atoms with Crippen molar-refractivity contribution in [2.45, 2.75) is 19.3 Å². The highest BCUT2D eigenvalue weighted by Gasteiger charge is 2.36. The number of fused-ring (bicyclic) bond motifs is 6. The zero-order valence-electron chi connectivity index (χ0n) is 29.8. The van der Waals surface area contributed by atoms with E-state index in [9.17, 15) is 0 Å². The third kappa shape index (κ3) is 5.18. The van der Waals surface area contributed by atoms with Crippen LogP contribution >= 0.6 is 0 Å². The van der Waals surface area contributed by atoms with Gasteiger partial charge >= 0.3 is 0 Å². The van der Waals surface area contributed by atoms with Gasteiger partial charge < -0.3 is 9.32 Å². The van der Waals surface area contributed by atoms with E-state index >= 15 is 0 Å². The lowest BCUT2D eigenvalue weighted by Crippen LogP contribution is -2.16. The minimum atomic E-state index is -0.122. The van der Waals surface area contributed by atoms with Gasteiger partial charge in [0.05, 0.1) is 5.69 Å². The number of para-hydroxylation sites is 2. The molecule has 0 aliphatic heterocycles. The maximum absolute atomic E-state index is 6.65.